The van der Waals surface area contributed by atoms with E-state index in [1.54, 1.807) is 6.07 Å². The Morgan fingerprint density at radius 2 is 2.12 bits per heavy atom. The Kier molecular flexibility index (Phi) is 3.73. The fourth-order valence-electron chi connectivity index (χ4n) is 1.28. The van der Waals surface area contributed by atoms with E-state index in [9.17, 15) is 18.0 Å². The van der Waals surface area contributed by atoms with E-state index in [0.717, 1.165) is 6.07 Å². The third-order valence-corrected chi connectivity index (χ3v) is 2.07. The molecule has 0 atom stereocenters. The summed E-state index contributed by atoms with van der Waals surface area (Å²) in [5.41, 5.74) is -1.03. The van der Waals surface area contributed by atoms with E-state index in [1.807, 2.05) is 0 Å². The van der Waals surface area contributed by atoms with Crippen LogP contribution in [0.1, 0.15) is 23.6 Å². The van der Waals surface area contributed by atoms with Gasteiger partial charge in [-0.15, -0.1) is 0 Å². The zero-order chi connectivity index (χ0) is 13.1. The number of nitrogens with one attached hydrogen (secondary N) is 1. The van der Waals surface area contributed by atoms with Crippen LogP contribution in [0.5, 0.6) is 0 Å². The normalized spacial score (nSPS) is 10.8. The van der Waals surface area contributed by atoms with Crippen molar-refractivity contribution in [3.05, 3.63) is 34.9 Å². The maximum atomic E-state index is 12.7. The Morgan fingerprint density at radius 1 is 1.47 bits per heavy atom. The zero-order valence-electron chi connectivity index (χ0n) is 8.93. The summed E-state index contributed by atoms with van der Waals surface area (Å²) >= 11 is 0. The Hall–Kier alpha value is -2.03. The second-order valence-corrected chi connectivity index (χ2v) is 3.39. The molecule has 0 spiro atoms. The van der Waals surface area contributed by atoms with E-state index in [1.165, 1.54) is 19.1 Å². The van der Waals surface area contributed by atoms with Crippen molar-refractivity contribution in [2.75, 3.05) is 0 Å². The summed E-state index contributed by atoms with van der Waals surface area (Å²) in [4.78, 5) is 10.7. The minimum Gasteiger partial charge on any atom is -0.352 e. The Bertz CT molecular complexity index is 475. The van der Waals surface area contributed by atoms with Crippen LogP contribution in [0.2, 0.25) is 0 Å². The minimum absolute atomic E-state index is 0.0632. The summed E-state index contributed by atoms with van der Waals surface area (Å²) in [5, 5.41) is 10.8. The average molecular weight is 242 g/mol. The molecule has 90 valence electrons. The van der Waals surface area contributed by atoms with Crippen LogP contribution in [0.15, 0.2) is 18.2 Å². The third-order valence-electron chi connectivity index (χ3n) is 2.07. The van der Waals surface area contributed by atoms with Crippen LogP contribution in [0.3, 0.4) is 0 Å². The molecule has 6 heteroatoms. The van der Waals surface area contributed by atoms with Crippen molar-refractivity contribution in [1.29, 1.82) is 5.26 Å². The Labute approximate surface area is 95.9 Å². The van der Waals surface area contributed by atoms with Crippen molar-refractivity contribution in [3.8, 4) is 6.07 Å². The van der Waals surface area contributed by atoms with Gasteiger partial charge in [-0.05, 0) is 17.7 Å². The van der Waals surface area contributed by atoms with Crippen LogP contribution in [0.25, 0.3) is 0 Å². The maximum absolute atomic E-state index is 12.7. The van der Waals surface area contributed by atoms with Crippen LogP contribution in [0.4, 0.5) is 13.2 Å². The van der Waals surface area contributed by atoms with E-state index in [4.69, 9.17) is 5.26 Å². The number of nitrogens with zero attached hydrogens (tertiary/aromatic N) is 1. The van der Waals surface area contributed by atoms with Gasteiger partial charge in [0.25, 0.3) is 0 Å². The first-order valence-corrected chi connectivity index (χ1v) is 4.69. The van der Waals surface area contributed by atoms with Crippen molar-refractivity contribution >= 4 is 5.91 Å². The number of carbonyl (C=O) groups is 1. The number of carbonyl (C=O) groups excluding carboxylic acids is 1. The van der Waals surface area contributed by atoms with Gasteiger partial charge in [0.15, 0.2) is 0 Å². The Balaban J connectivity index is 3.12. The smallest absolute Gasteiger partial charge is 0.352 e. The minimum atomic E-state index is -4.54. The molecule has 0 unspecified atom stereocenters. The fraction of sp³-hybridized carbons (Fsp3) is 0.273. The molecular weight excluding hydrogens is 233 g/mol. The van der Waals surface area contributed by atoms with E-state index in [-0.39, 0.29) is 17.7 Å². The first-order chi connectivity index (χ1) is 7.84. The lowest BCUT2D eigenvalue weighted by atomic mass is 10.0. The fourth-order valence-corrected chi connectivity index (χ4v) is 1.28. The maximum Gasteiger partial charge on any atom is 0.416 e. The molecule has 0 aliphatic heterocycles. The van der Waals surface area contributed by atoms with Gasteiger partial charge in [-0.25, -0.2) is 0 Å². The van der Waals surface area contributed by atoms with Crippen molar-refractivity contribution in [1.82, 2.24) is 5.32 Å². The zero-order valence-corrected chi connectivity index (χ0v) is 8.93. The summed E-state index contributed by atoms with van der Waals surface area (Å²) in [6.45, 7) is 1.01. The molecule has 0 aliphatic carbocycles. The quantitative estimate of drug-likeness (QED) is 0.864. The second-order valence-electron chi connectivity index (χ2n) is 3.39. The highest BCUT2D eigenvalue weighted by molar-refractivity contribution is 5.72. The molecule has 0 bridgehead atoms. The van der Waals surface area contributed by atoms with Crippen molar-refractivity contribution in [2.24, 2.45) is 0 Å². The largest absolute Gasteiger partial charge is 0.416 e. The molecule has 0 fully saturated rings. The SMILES string of the molecule is CC(=O)NCc1ccc(C#N)cc1C(F)(F)F. The van der Waals surface area contributed by atoms with E-state index in [2.05, 4.69) is 5.32 Å². The van der Waals surface area contributed by atoms with Gasteiger partial charge in [-0.2, -0.15) is 18.4 Å². The lowest BCUT2D eigenvalue weighted by Crippen LogP contribution is -2.21. The van der Waals surface area contributed by atoms with Gasteiger partial charge in [-0.3, -0.25) is 4.79 Å². The molecule has 17 heavy (non-hydrogen) atoms. The summed E-state index contributed by atoms with van der Waals surface area (Å²) in [6, 6.07) is 4.90. The number of rotatable bonds is 2. The first kappa shape index (κ1) is 13.0. The Morgan fingerprint density at radius 3 is 2.59 bits per heavy atom. The number of hydrogen-bond donors (Lipinski definition) is 1. The van der Waals surface area contributed by atoms with Crippen molar-refractivity contribution in [2.45, 2.75) is 19.6 Å². The van der Waals surface area contributed by atoms with Gasteiger partial charge in [0.05, 0.1) is 17.2 Å². The number of hydrogen-bond acceptors (Lipinski definition) is 2. The van der Waals surface area contributed by atoms with E-state index >= 15 is 0 Å². The highest BCUT2D eigenvalue weighted by atomic mass is 19.4. The number of nitriles is 1. The van der Waals surface area contributed by atoms with Crippen molar-refractivity contribution in [3.63, 3.8) is 0 Å². The highest BCUT2D eigenvalue weighted by Crippen LogP contribution is 2.32. The molecular formula is C11H9F3N2O. The molecule has 0 radical (unpaired) electrons. The van der Waals surface area contributed by atoms with E-state index < -0.39 is 17.6 Å². The standard InChI is InChI=1S/C11H9F3N2O/c1-7(17)16-6-9-3-2-8(5-15)4-10(9)11(12,13)14/h2-4H,6H2,1H3,(H,16,17). The van der Waals surface area contributed by atoms with Crippen molar-refractivity contribution < 1.29 is 18.0 Å². The summed E-state index contributed by atoms with van der Waals surface area (Å²) in [7, 11) is 0. The van der Waals surface area contributed by atoms with Gasteiger partial charge < -0.3 is 5.32 Å². The summed E-state index contributed by atoms with van der Waals surface area (Å²) in [5.74, 6) is -0.414. The van der Waals surface area contributed by atoms with Crippen LogP contribution in [-0.2, 0) is 17.5 Å². The molecule has 0 saturated heterocycles. The molecule has 1 aromatic rings. The second kappa shape index (κ2) is 4.87. The molecule has 3 nitrogen and oxygen atoms in total. The predicted octanol–water partition coefficient (Wildman–Crippen LogP) is 2.21. The lowest BCUT2D eigenvalue weighted by molar-refractivity contribution is -0.138. The number of amides is 1. The van der Waals surface area contributed by atoms with Gasteiger partial charge in [0.1, 0.15) is 0 Å². The van der Waals surface area contributed by atoms with Gasteiger partial charge >= 0.3 is 6.18 Å². The van der Waals surface area contributed by atoms with Gasteiger partial charge in [0, 0.05) is 13.5 Å². The molecule has 0 heterocycles. The average Bonchev–Trinajstić information content (AvgIpc) is 2.24. The summed E-state index contributed by atoms with van der Waals surface area (Å²) in [6.07, 6.45) is -4.54. The molecule has 0 aromatic heterocycles. The number of halogens is 3. The molecule has 1 aromatic carbocycles. The van der Waals surface area contributed by atoms with Gasteiger partial charge in [0.2, 0.25) is 5.91 Å². The number of alkyl halides is 3. The highest BCUT2D eigenvalue weighted by Gasteiger charge is 2.33. The number of benzene rings is 1. The third kappa shape index (κ3) is 3.48. The summed E-state index contributed by atoms with van der Waals surface area (Å²) < 4.78 is 38.0. The van der Waals surface area contributed by atoms with Crippen LogP contribution in [-0.4, -0.2) is 5.91 Å². The first-order valence-electron chi connectivity index (χ1n) is 4.69. The molecule has 1 amide bonds. The monoisotopic (exact) mass is 242 g/mol. The topological polar surface area (TPSA) is 52.9 Å². The van der Waals surface area contributed by atoms with Crippen LogP contribution < -0.4 is 5.32 Å². The van der Waals surface area contributed by atoms with Crippen LogP contribution >= 0.6 is 0 Å². The van der Waals surface area contributed by atoms with Gasteiger partial charge in [-0.1, -0.05) is 6.07 Å². The molecule has 1 rings (SSSR count). The molecule has 0 saturated carbocycles. The predicted molar refractivity (Wildman–Crippen MR) is 53.7 cm³/mol. The van der Waals surface area contributed by atoms with Crippen LogP contribution in [0, 0.1) is 11.3 Å². The van der Waals surface area contributed by atoms with E-state index in [0.29, 0.717) is 0 Å². The molecule has 0 aliphatic rings. The lowest BCUT2D eigenvalue weighted by Gasteiger charge is -2.13. The molecule has 1 N–H and O–H groups in total.